The van der Waals surface area contributed by atoms with Crippen molar-refractivity contribution in [3.8, 4) is 0 Å². The standard InChI is InChI=1S/C13H18Cl3N/c1-9(2)5-12(15)8-17-7-10-3-4-11(14)6-13(10)16/h3-4,6,9,12,17H,5,7-8H2,1-2H3. The topological polar surface area (TPSA) is 12.0 Å². The number of alkyl halides is 1. The summed E-state index contributed by atoms with van der Waals surface area (Å²) in [6, 6.07) is 5.53. The molecule has 0 aromatic heterocycles. The van der Waals surface area contributed by atoms with Gasteiger partial charge in [-0.25, -0.2) is 0 Å². The van der Waals surface area contributed by atoms with Crippen molar-refractivity contribution < 1.29 is 0 Å². The van der Waals surface area contributed by atoms with Gasteiger partial charge in [0.1, 0.15) is 0 Å². The van der Waals surface area contributed by atoms with Gasteiger partial charge in [0, 0.05) is 28.5 Å². The van der Waals surface area contributed by atoms with E-state index in [1.54, 1.807) is 6.07 Å². The van der Waals surface area contributed by atoms with Crippen LogP contribution in [0.5, 0.6) is 0 Å². The van der Waals surface area contributed by atoms with E-state index in [4.69, 9.17) is 34.8 Å². The van der Waals surface area contributed by atoms with Crippen molar-refractivity contribution >= 4 is 34.8 Å². The summed E-state index contributed by atoms with van der Waals surface area (Å²) < 4.78 is 0. The summed E-state index contributed by atoms with van der Waals surface area (Å²) in [6.45, 7) is 5.85. The summed E-state index contributed by atoms with van der Waals surface area (Å²) in [6.07, 6.45) is 1.02. The van der Waals surface area contributed by atoms with E-state index in [-0.39, 0.29) is 5.38 Å². The Morgan fingerprint density at radius 3 is 2.53 bits per heavy atom. The summed E-state index contributed by atoms with van der Waals surface area (Å²) in [7, 11) is 0. The van der Waals surface area contributed by atoms with Gasteiger partial charge in [-0.1, -0.05) is 43.1 Å². The van der Waals surface area contributed by atoms with Crippen molar-refractivity contribution in [3.05, 3.63) is 33.8 Å². The predicted molar refractivity (Wildman–Crippen MR) is 77.3 cm³/mol. The van der Waals surface area contributed by atoms with Gasteiger partial charge >= 0.3 is 0 Å². The normalized spacial score (nSPS) is 13.1. The van der Waals surface area contributed by atoms with Crippen molar-refractivity contribution in [2.24, 2.45) is 5.92 Å². The number of nitrogens with one attached hydrogen (secondary N) is 1. The van der Waals surface area contributed by atoms with Crippen LogP contribution in [0.3, 0.4) is 0 Å². The Morgan fingerprint density at radius 2 is 1.94 bits per heavy atom. The fourth-order valence-corrected chi connectivity index (χ4v) is 2.56. The molecular weight excluding hydrogens is 277 g/mol. The highest BCUT2D eigenvalue weighted by Crippen LogP contribution is 2.20. The van der Waals surface area contributed by atoms with Crippen LogP contribution >= 0.6 is 34.8 Å². The molecule has 0 aliphatic heterocycles. The third kappa shape index (κ3) is 5.96. The molecule has 0 heterocycles. The Bertz CT molecular complexity index is 353. The number of halogens is 3. The predicted octanol–water partition coefficient (Wildman–Crippen LogP) is 4.74. The molecule has 0 saturated carbocycles. The highest BCUT2D eigenvalue weighted by atomic mass is 35.5. The Hall–Kier alpha value is 0.0500. The summed E-state index contributed by atoms with van der Waals surface area (Å²) in [4.78, 5) is 0. The first-order valence-corrected chi connectivity index (χ1v) is 6.97. The van der Waals surface area contributed by atoms with E-state index in [9.17, 15) is 0 Å². The van der Waals surface area contributed by atoms with Crippen molar-refractivity contribution in [2.45, 2.75) is 32.2 Å². The van der Waals surface area contributed by atoms with Gasteiger partial charge in [0.15, 0.2) is 0 Å². The number of hydrogen-bond acceptors (Lipinski definition) is 1. The smallest absolute Gasteiger partial charge is 0.0465 e. The highest BCUT2D eigenvalue weighted by molar-refractivity contribution is 6.35. The highest BCUT2D eigenvalue weighted by Gasteiger charge is 2.07. The Labute approximate surface area is 118 Å². The average Bonchev–Trinajstić information content (AvgIpc) is 2.20. The lowest BCUT2D eigenvalue weighted by molar-refractivity contribution is 0.533. The molecule has 1 N–H and O–H groups in total. The molecule has 17 heavy (non-hydrogen) atoms. The summed E-state index contributed by atoms with van der Waals surface area (Å²) in [5.74, 6) is 0.624. The quantitative estimate of drug-likeness (QED) is 0.748. The molecule has 0 aliphatic rings. The SMILES string of the molecule is CC(C)CC(Cl)CNCc1ccc(Cl)cc1Cl. The molecular formula is C13H18Cl3N. The molecule has 1 rings (SSSR count). The van der Waals surface area contributed by atoms with E-state index in [1.165, 1.54) is 0 Å². The molecule has 0 aliphatic carbocycles. The van der Waals surface area contributed by atoms with Crippen LogP contribution in [0.25, 0.3) is 0 Å². The van der Waals surface area contributed by atoms with Crippen LogP contribution in [0, 0.1) is 5.92 Å². The maximum Gasteiger partial charge on any atom is 0.0465 e. The molecule has 0 amide bonds. The number of benzene rings is 1. The van der Waals surface area contributed by atoms with Gasteiger partial charge in [0.2, 0.25) is 0 Å². The monoisotopic (exact) mass is 293 g/mol. The van der Waals surface area contributed by atoms with Crippen LogP contribution in [0.4, 0.5) is 0 Å². The largest absolute Gasteiger partial charge is 0.311 e. The molecule has 0 radical (unpaired) electrons. The molecule has 1 aromatic carbocycles. The molecule has 96 valence electrons. The lowest BCUT2D eigenvalue weighted by Gasteiger charge is -2.13. The maximum absolute atomic E-state index is 6.19. The molecule has 1 atom stereocenters. The maximum atomic E-state index is 6.19. The first-order chi connectivity index (χ1) is 7.99. The Kier molecular flexibility index (Phi) is 6.65. The van der Waals surface area contributed by atoms with Gasteiger partial charge in [-0.3, -0.25) is 0 Å². The van der Waals surface area contributed by atoms with E-state index >= 15 is 0 Å². The van der Waals surface area contributed by atoms with Crippen LogP contribution in [0.15, 0.2) is 18.2 Å². The van der Waals surface area contributed by atoms with Gasteiger partial charge in [-0.2, -0.15) is 0 Å². The first-order valence-electron chi connectivity index (χ1n) is 5.77. The minimum Gasteiger partial charge on any atom is -0.311 e. The summed E-state index contributed by atoms with van der Waals surface area (Å²) >= 11 is 18.1. The Balaban J connectivity index is 2.35. The second kappa shape index (κ2) is 7.48. The molecule has 4 heteroatoms. The van der Waals surface area contributed by atoms with E-state index in [0.717, 1.165) is 25.1 Å². The molecule has 0 bridgehead atoms. The minimum absolute atomic E-state index is 0.168. The van der Waals surface area contributed by atoms with E-state index in [0.29, 0.717) is 16.0 Å². The molecule has 0 fully saturated rings. The summed E-state index contributed by atoms with van der Waals surface area (Å²) in [5, 5.41) is 4.83. The first kappa shape index (κ1) is 15.1. The molecule has 1 aromatic rings. The zero-order valence-corrected chi connectivity index (χ0v) is 12.4. The van der Waals surface area contributed by atoms with Gasteiger partial charge in [0.25, 0.3) is 0 Å². The fourth-order valence-electron chi connectivity index (χ4n) is 1.62. The second-order valence-corrected chi connectivity index (χ2v) is 6.05. The number of rotatable bonds is 6. The molecule has 1 nitrogen and oxygen atoms in total. The van der Waals surface area contributed by atoms with E-state index in [1.807, 2.05) is 12.1 Å². The van der Waals surface area contributed by atoms with Gasteiger partial charge in [-0.15, -0.1) is 11.6 Å². The molecule has 0 saturated heterocycles. The van der Waals surface area contributed by atoms with Crippen molar-refractivity contribution in [2.75, 3.05) is 6.54 Å². The summed E-state index contributed by atoms with van der Waals surface area (Å²) in [5.41, 5.74) is 1.05. The molecule has 0 spiro atoms. The zero-order valence-electron chi connectivity index (χ0n) is 10.1. The van der Waals surface area contributed by atoms with Crippen LogP contribution < -0.4 is 5.32 Å². The van der Waals surface area contributed by atoms with Crippen molar-refractivity contribution in [3.63, 3.8) is 0 Å². The van der Waals surface area contributed by atoms with E-state index < -0.39 is 0 Å². The Morgan fingerprint density at radius 1 is 1.24 bits per heavy atom. The third-order valence-electron chi connectivity index (χ3n) is 2.42. The number of hydrogen-bond donors (Lipinski definition) is 1. The van der Waals surface area contributed by atoms with E-state index in [2.05, 4.69) is 19.2 Å². The van der Waals surface area contributed by atoms with Gasteiger partial charge in [0.05, 0.1) is 0 Å². The van der Waals surface area contributed by atoms with Crippen LogP contribution in [0.2, 0.25) is 10.0 Å². The van der Waals surface area contributed by atoms with Crippen molar-refractivity contribution in [1.82, 2.24) is 5.32 Å². The minimum atomic E-state index is 0.168. The fraction of sp³-hybridized carbons (Fsp3) is 0.538. The van der Waals surface area contributed by atoms with Crippen molar-refractivity contribution in [1.29, 1.82) is 0 Å². The average molecular weight is 295 g/mol. The third-order valence-corrected chi connectivity index (χ3v) is 3.34. The van der Waals surface area contributed by atoms with Gasteiger partial charge < -0.3 is 5.32 Å². The van der Waals surface area contributed by atoms with Gasteiger partial charge in [-0.05, 0) is 30.0 Å². The zero-order chi connectivity index (χ0) is 12.8. The molecule has 1 unspecified atom stereocenters. The van der Waals surface area contributed by atoms with Crippen LogP contribution in [-0.2, 0) is 6.54 Å². The lowest BCUT2D eigenvalue weighted by Crippen LogP contribution is -2.24. The lowest BCUT2D eigenvalue weighted by atomic mass is 10.1. The van der Waals surface area contributed by atoms with Crippen LogP contribution in [0.1, 0.15) is 25.8 Å². The second-order valence-electron chi connectivity index (χ2n) is 4.59. The van der Waals surface area contributed by atoms with Crippen LogP contribution in [-0.4, -0.2) is 11.9 Å².